The lowest BCUT2D eigenvalue weighted by atomic mass is 10.1. The van der Waals surface area contributed by atoms with Crippen LogP contribution in [0, 0.1) is 11.6 Å². The molecule has 0 saturated carbocycles. The van der Waals surface area contributed by atoms with Crippen LogP contribution in [0.15, 0.2) is 65.8 Å². The van der Waals surface area contributed by atoms with Crippen molar-refractivity contribution in [3.63, 3.8) is 0 Å². The highest BCUT2D eigenvalue weighted by Crippen LogP contribution is 2.31. The van der Waals surface area contributed by atoms with Crippen molar-refractivity contribution in [2.24, 2.45) is 5.14 Å². The highest BCUT2D eigenvalue weighted by atomic mass is 32.2. The van der Waals surface area contributed by atoms with Gasteiger partial charge in [0.1, 0.15) is 16.5 Å². The molecule has 0 aliphatic carbocycles. The zero-order chi connectivity index (χ0) is 22.6. The molecule has 32 heavy (non-hydrogen) atoms. The summed E-state index contributed by atoms with van der Waals surface area (Å²) in [5.74, 6) is -1.41. The van der Waals surface area contributed by atoms with Crippen LogP contribution in [0.1, 0.15) is 5.69 Å². The van der Waals surface area contributed by atoms with Gasteiger partial charge in [-0.05, 0) is 42.0 Å². The van der Waals surface area contributed by atoms with Crippen molar-refractivity contribution in [2.75, 3.05) is 11.4 Å². The van der Waals surface area contributed by atoms with E-state index in [4.69, 9.17) is 5.14 Å². The largest absolute Gasteiger partial charge is 0.333 e. The van der Waals surface area contributed by atoms with E-state index < -0.39 is 32.6 Å². The summed E-state index contributed by atoms with van der Waals surface area (Å²) in [5.41, 5.74) is 2.53. The lowest BCUT2D eigenvalue weighted by molar-refractivity contribution is 0.246. The van der Waals surface area contributed by atoms with Crippen LogP contribution < -0.4 is 10.0 Å². The first-order valence-corrected chi connectivity index (χ1v) is 11.2. The van der Waals surface area contributed by atoms with Gasteiger partial charge in [-0.25, -0.2) is 27.1 Å². The molecule has 1 aliphatic heterocycles. The third kappa shape index (κ3) is 3.24. The number of nitrogens with two attached hydrogens (primary N) is 1. The SMILES string of the molecule is NS(=O)(=O)c1cc2c(cc1F)cc1n2C(=O)N(c2ccc(-c3ccncc3F)cc2)CC1. The third-order valence-corrected chi connectivity index (χ3v) is 6.44. The Balaban J connectivity index is 1.55. The summed E-state index contributed by atoms with van der Waals surface area (Å²) >= 11 is 0. The van der Waals surface area contributed by atoms with Gasteiger partial charge >= 0.3 is 6.03 Å². The van der Waals surface area contributed by atoms with E-state index in [2.05, 4.69) is 4.98 Å². The summed E-state index contributed by atoms with van der Waals surface area (Å²) in [7, 11) is -4.30. The molecule has 0 bridgehead atoms. The first kappa shape index (κ1) is 20.3. The zero-order valence-electron chi connectivity index (χ0n) is 16.5. The second-order valence-electron chi connectivity index (χ2n) is 7.44. The number of amides is 1. The Morgan fingerprint density at radius 1 is 1.00 bits per heavy atom. The van der Waals surface area contributed by atoms with Gasteiger partial charge in [0, 0.05) is 41.5 Å². The summed E-state index contributed by atoms with van der Waals surface area (Å²) in [6, 6.07) is 11.8. The van der Waals surface area contributed by atoms with Crippen LogP contribution >= 0.6 is 0 Å². The Kier molecular flexibility index (Phi) is 4.57. The molecular formula is C22H16F2N4O3S. The lowest BCUT2D eigenvalue weighted by Crippen LogP contribution is -2.41. The number of halogens is 2. The fraction of sp³-hybridized carbons (Fsp3) is 0.0909. The first-order chi connectivity index (χ1) is 15.2. The van der Waals surface area contributed by atoms with E-state index >= 15 is 0 Å². The van der Waals surface area contributed by atoms with Crippen molar-refractivity contribution in [1.82, 2.24) is 9.55 Å². The number of benzene rings is 2. The number of fused-ring (bicyclic) bond motifs is 3. The van der Waals surface area contributed by atoms with Crippen molar-refractivity contribution in [2.45, 2.75) is 11.3 Å². The molecule has 2 N–H and O–H groups in total. The third-order valence-electron chi connectivity index (χ3n) is 5.51. The maximum atomic E-state index is 14.2. The monoisotopic (exact) mass is 454 g/mol. The molecule has 1 aliphatic rings. The number of aromatic nitrogens is 2. The number of primary sulfonamides is 1. The molecule has 0 atom stereocenters. The number of hydrogen-bond acceptors (Lipinski definition) is 4. The summed E-state index contributed by atoms with van der Waals surface area (Å²) in [5, 5.41) is 5.52. The zero-order valence-corrected chi connectivity index (χ0v) is 17.3. The predicted molar refractivity (Wildman–Crippen MR) is 115 cm³/mol. The Labute approximate surface area is 181 Å². The van der Waals surface area contributed by atoms with Gasteiger partial charge in [-0.15, -0.1) is 0 Å². The van der Waals surface area contributed by atoms with Crippen LogP contribution in [-0.2, 0) is 16.4 Å². The number of sulfonamides is 1. The molecule has 0 spiro atoms. The number of pyridine rings is 1. The van der Waals surface area contributed by atoms with Crippen molar-refractivity contribution in [3.8, 4) is 11.1 Å². The first-order valence-electron chi connectivity index (χ1n) is 9.62. The molecule has 162 valence electrons. The maximum absolute atomic E-state index is 14.2. The Morgan fingerprint density at radius 2 is 1.75 bits per heavy atom. The molecule has 10 heteroatoms. The Bertz CT molecular complexity index is 1500. The van der Waals surface area contributed by atoms with E-state index in [0.717, 1.165) is 18.3 Å². The molecule has 0 radical (unpaired) electrons. The molecule has 2 aromatic heterocycles. The van der Waals surface area contributed by atoms with E-state index in [9.17, 15) is 22.0 Å². The summed E-state index contributed by atoms with van der Waals surface area (Å²) < 4.78 is 53.1. The van der Waals surface area contributed by atoms with Gasteiger partial charge < -0.3 is 0 Å². The smallest absolute Gasteiger partial charge is 0.293 e. The molecule has 5 rings (SSSR count). The normalized spacial score (nSPS) is 14.1. The molecule has 4 aromatic rings. The van der Waals surface area contributed by atoms with Gasteiger partial charge in [0.2, 0.25) is 10.0 Å². The van der Waals surface area contributed by atoms with Gasteiger partial charge in [0.25, 0.3) is 0 Å². The number of anilines is 1. The molecule has 0 unspecified atom stereocenters. The number of nitrogens with zero attached hydrogens (tertiary/aromatic N) is 3. The second kappa shape index (κ2) is 7.21. The molecular weight excluding hydrogens is 438 g/mol. The van der Waals surface area contributed by atoms with E-state index in [1.807, 2.05) is 0 Å². The van der Waals surface area contributed by atoms with Crippen molar-refractivity contribution < 1.29 is 22.0 Å². The summed E-state index contributed by atoms with van der Waals surface area (Å²) in [4.78, 5) is 17.9. The van der Waals surface area contributed by atoms with E-state index in [1.165, 1.54) is 15.7 Å². The topological polar surface area (TPSA) is 98.3 Å². The van der Waals surface area contributed by atoms with Crippen molar-refractivity contribution >= 4 is 32.6 Å². The molecule has 2 aromatic carbocycles. The van der Waals surface area contributed by atoms with Gasteiger partial charge in [-0.3, -0.25) is 14.5 Å². The van der Waals surface area contributed by atoms with E-state index in [-0.39, 0.29) is 5.52 Å². The van der Waals surface area contributed by atoms with Crippen molar-refractivity contribution in [3.05, 3.63) is 78.3 Å². The highest BCUT2D eigenvalue weighted by molar-refractivity contribution is 7.89. The van der Waals surface area contributed by atoms with Crippen LogP contribution in [0.25, 0.3) is 22.0 Å². The maximum Gasteiger partial charge on any atom is 0.333 e. The Hall–Kier alpha value is -3.63. The predicted octanol–water partition coefficient (Wildman–Crippen LogP) is 3.66. The number of rotatable bonds is 3. The second-order valence-corrected chi connectivity index (χ2v) is 8.97. The number of carbonyl (C=O) groups is 1. The average molecular weight is 454 g/mol. The minimum absolute atomic E-state index is 0.260. The lowest BCUT2D eigenvalue weighted by Gasteiger charge is -2.29. The fourth-order valence-corrected chi connectivity index (χ4v) is 4.61. The van der Waals surface area contributed by atoms with Gasteiger partial charge in [0.05, 0.1) is 11.7 Å². The van der Waals surface area contributed by atoms with E-state index in [0.29, 0.717) is 40.9 Å². The van der Waals surface area contributed by atoms with Crippen LogP contribution in [-0.4, -0.2) is 30.5 Å². The quantitative estimate of drug-likeness (QED) is 0.511. The standard InChI is InChI=1S/C22H16F2N4O3S/c23-18-10-14-9-16-6-8-27(22(29)28(16)20(14)11-21(18)32(25,30)31)15-3-1-13(2-4-15)17-5-7-26-12-19(17)24/h1-5,7,9-12H,6,8H2,(H2,25,30,31). The van der Waals surface area contributed by atoms with Gasteiger partial charge in [0.15, 0.2) is 0 Å². The van der Waals surface area contributed by atoms with Crippen LogP contribution in [0.2, 0.25) is 0 Å². The number of hydrogen-bond donors (Lipinski definition) is 1. The van der Waals surface area contributed by atoms with E-state index in [1.54, 1.807) is 36.4 Å². The number of carbonyl (C=O) groups excluding carboxylic acids is 1. The molecule has 1 amide bonds. The van der Waals surface area contributed by atoms with Gasteiger partial charge in [-0.2, -0.15) is 0 Å². The van der Waals surface area contributed by atoms with Crippen molar-refractivity contribution in [1.29, 1.82) is 0 Å². The van der Waals surface area contributed by atoms with Crippen LogP contribution in [0.5, 0.6) is 0 Å². The van der Waals surface area contributed by atoms with Crippen LogP contribution in [0.4, 0.5) is 19.3 Å². The highest BCUT2D eigenvalue weighted by Gasteiger charge is 2.29. The average Bonchev–Trinajstić information content (AvgIpc) is 3.11. The van der Waals surface area contributed by atoms with Gasteiger partial charge in [-0.1, -0.05) is 12.1 Å². The fourth-order valence-electron chi connectivity index (χ4n) is 4.01. The molecule has 7 nitrogen and oxygen atoms in total. The summed E-state index contributed by atoms with van der Waals surface area (Å²) in [6.45, 7) is 0.378. The molecule has 0 fully saturated rings. The Morgan fingerprint density at radius 3 is 2.44 bits per heavy atom. The minimum atomic E-state index is -4.30. The minimum Gasteiger partial charge on any atom is -0.293 e. The molecule has 0 saturated heterocycles. The van der Waals surface area contributed by atoms with Crippen LogP contribution in [0.3, 0.4) is 0 Å². The summed E-state index contributed by atoms with van der Waals surface area (Å²) in [6.07, 6.45) is 3.11. The molecule has 3 heterocycles.